The molecule has 0 radical (unpaired) electrons. The first-order valence-electron chi connectivity index (χ1n) is 17.1. The number of ether oxygens (including phenoxy) is 1. The molecule has 0 aromatic carbocycles. The summed E-state index contributed by atoms with van der Waals surface area (Å²) in [6, 6.07) is 0. The van der Waals surface area contributed by atoms with Gasteiger partial charge in [0.15, 0.2) is 39.5 Å². The maximum Gasteiger partial charge on any atom is 0.328 e. The molecule has 1 saturated heterocycles. The van der Waals surface area contributed by atoms with E-state index in [4.69, 9.17) is 22.4 Å². The molecule has 1 aliphatic rings. The third-order valence-corrected chi connectivity index (χ3v) is 29.3. The number of carboxylic acid groups (broad SMARTS) is 1. The number of hydrogen-bond acceptors (Lipinski definition) is 7. The molecule has 9 nitrogen and oxygen atoms in total. The van der Waals surface area contributed by atoms with Gasteiger partial charge in [0.2, 0.25) is 5.91 Å². The molecule has 1 rings (SSSR count). The van der Waals surface area contributed by atoms with Crippen LogP contribution in [0.1, 0.15) is 83.1 Å². The van der Waals surface area contributed by atoms with E-state index in [1.54, 1.807) is 0 Å². The Hall–Kier alpha value is -0.652. The summed E-state index contributed by atoms with van der Waals surface area (Å²) < 4.78 is 35.5. The fraction of sp³-hybridized carbons (Fsp3) is 0.882. The van der Waals surface area contributed by atoms with Crippen LogP contribution in [0.2, 0.25) is 72.5 Å². The maximum atomic E-state index is 13.2. The van der Waals surface area contributed by atoms with Crippen LogP contribution in [0.3, 0.4) is 0 Å². The van der Waals surface area contributed by atoms with Crippen LogP contribution in [0.5, 0.6) is 0 Å². The second kappa shape index (κ2) is 14.9. The second-order valence-corrected chi connectivity index (χ2v) is 38.5. The lowest BCUT2D eigenvalue weighted by molar-refractivity contribution is -0.223. The highest BCUT2D eigenvalue weighted by atomic mass is 28.4. The van der Waals surface area contributed by atoms with Crippen molar-refractivity contribution in [3.63, 3.8) is 0 Å². The molecule has 1 heterocycles. The van der Waals surface area contributed by atoms with Crippen LogP contribution < -0.4 is 5.32 Å². The Kier molecular flexibility index (Phi) is 14.1. The van der Waals surface area contributed by atoms with Gasteiger partial charge in [0.05, 0.1) is 6.61 Å². The highest BCUT2D eigenvalue weighted by Gasteiger charge is 2.57. The lowest BCUT2D eigenvalue weighted by Gasteiger charge is -2.55. The van der Waals surface area contributed by atoms with E-state index in [1.807, 2.05) is 0 Å². The minimum Gasteiger partial charge on any atom is -0.478 e. The molecule has 1 fully saturated rings. The van der Waals surface area contributed by atoms with Gasteiger partial charge in [-0.2, -0.15) is 0 Å². The minimum absolute atomic E-state index is 0.0300. The monoisotopic (exact) mass is 733 g/mol. The molecule has 276 valence electrons. The van der Waals surface area contributed by atoms with Gasteiger partial charge in [-0.25, -0.2) is 4.79 Å². The minimum atomic E-state index is -2.48. The SMILES string of the molecule is CC(C)(C)[Si](C)(C)OC[C@H]1O[C@@H](NC(=O)/C=C\C(=O)O)[C@H](O[Si](C)(C)C(C)(C)C)[C@@H](O[Si](C)(C)C(C)(C)C)[C@H]1O[Si](C)(C)C(C)(C)C. The number of carbonyl (C=O) groups excluding carboxylic acids is 1. The largest absolute Gasteiger partial charge is 0.478 e. The number of carbonyl (C=O) groups is 2. The average Bonchev–Trinajstić information content (AvgIpc) is 2.82. The molecule has 1 amide bonds. The summed E-state index contributed by atoms with van der Waals surface area (Å²) in [6.07, 6.45) is -1.52. The molecule has 0 spiro atoms. The Bertz CT molecular complexity index is 1110. The van der Waals surface area contributed by atoms with Crippen LogP contribution in [0.25, 0.3) is 0 Å². The predicted octanol–water partition coefficient (Wildman–Crippen LogP) is 8.66. The van der Waals surface area contributed by atoms with Crippen molar-refractivity contribution in [3.05, 3.63) is 12.2 Å². The first-order valence-corrected chi connectivity index (χ1v) is 28.7. The number of nitrogens with one attached hydrogen (secondary N) is 1. The molecule has 2 N–H and O–H groups in total. The van der Waals surface area contributed by atoms with E-state index in [2.05, 4.69) is 141 Å². The number of amides is 1. The van der Waals surface area contributed by atoms with E-state index >= 15 is 0 Å². The fourth-order valence-electron chi connectivity index (χ4n) is 3.96. The van der Waals surface area contributed by atoms with Gasteiger partial charge in [-0.1, -0.05) is 83.1 Å². The van der Waals surface area contributed by atoms with Crippen molar-refractivity contribution in [3.8, 4) is 0 Å². The summed E-state index contributed by atoms with van der Waals surface area (Å²) in [5, 5.41) is 11.8. The van der Waals surface area contributed by atoms with E-state index in [0.717, 1.165) is 12.2 Å². The lowest BCUT2D eigenvalue weighted by Crippen LogP contribution is -2.70. The summed E-state index contributed by atoms with van der Waals surface area (Å²) in [4.78, 5) is 24.5. The van der Waals surface area contributed by atoms with E-state index in [0.29, 0.717) is 0 Å². The van der Waals surface area contributed by atoms with Crippen molar-refractivity contribution in [2.75, 3.05) is 6.61 Å². The van der Waals surface area contributed by atoms with Crippen LogP contribution >= 0.6 is 0 Å². The summed E-state index contributed by atoms with van der Waals surface area (Å²) in [6.45, 7) is 44.4. The zero-order valence-electron chi connectivity index (χ0n) is 33.6. The molecule has 0 aliphatic carbocycles. The Morgan fingerprint density at radius 2 is 0.979 bits per heavy atom. The molecule has 0 aromatic rings. The molecule has 47 heavy (non-hydrogen) atoms. The summed E-state index contributed by atoms with van der Waals surface area (Å²) in [5.41, 5.74) is 0. The van der Waals surface area contributed by atoms with Gasteiger partial charge >= 0.3 is 5.97 Å². The summed E-state index contributed by atoms with van der Waals surface area (Å²) in [5.74, 6) is -1.79. The van der Waals surface area contributed by atoms with Crippen molar-refractivity contribution in [1.82, 2.24) is 5.32 Å². The van der Waals surface area contributed by atoms with Gasteiger partial charge < -0.3 is 32.9 Å². The van der Waals surface area contributed by atoms with Gasteiger partial charge in [0, 0.05) is 12.2 Å². The molecule has 1 aliphatic heterocycles. The van der Waals surface area contributed by atoms with E-state index < -0.39 is 75.8 Å². The van der Waals surface area contributed by atoms with Gasteiger partial charge in [-0.15, -0.1) is 0 Å². The van der Waals surface area contributed by atoms with Crippen molar-refractivity contribution >= 4 is 45.1 Å². The van der Waals surface area contributed by atoms with Gasteiger partial charge in [-0.3, -0.25) is 4.79 Å². The number of hydrogen-bond donors (Lipinski definition) is 2. The molecule has 0 unspecified atom stereocenters. The van der Waals surface area contributed by atoms with E-state index in [1.165, 1.54) is 0 Å². The van der Waals surface area contributed by atoms with Crippen LogP contribution in [0.15, 0.2) is 12.2 Å². The second-order valence-electron chi connectivity index (χ2n) is 19.4. The molecular formula is C34H71NO8Si4. The van der Waals surface area contributed by atoms with E-state index in [-0.39, 0.29) is 26.8 Å². The average molecular weight is 734 g/mol. The molecule has 0 saturated carbocycles. The van der Waals surface area contributed by atoms with E-state index in [9.17, 15) is 14.7 Å². The highest BCUT2D eigenvalue weighted by molar-refractivity contribution is 6.75. The topological polar surface area (TPSA) is 113 Å². The van der Waals surface area contributed by atoms with Crippen molar-refractivity contribution < 1.29 is 37.1 Å². The first kappa shape index (κ1) is 44.4. The van der Waals surface area contributed by atoms with Crippen molar-refractivity contribution in [2.45, 2.75) is 186 Å². The number of aliphatic carboxylic acids is 1. The summed E-state index contributed by atoms with van der Waals surface area (Å²) >= 11 is 0. The third-order valence-electron chi connectivity index (χ3n) is 11.4. The molecule has 5 atom stereocenters. The van der Waals surface area contributed by atoms with Crippen molar-refractivity contribution in [1.29, 1.82) is 0 Å². The quantitative estimate of drug-likeness (QED) is 0.151. The Morgan fingerprint density at radius 1 is 0.617 bits per heavy atom. The zero-order valence-corrected chi connectivity index (χ0v) is 37.6. The first-order chi connectivity index (χ1) is 20.6. The van der Waals surface area contributed by atoms with Crippen LogP contribution in [-0.4, -0.2) is 87.5 Å². The van der Waals surface area contributed by atoms with Crippen LogP contribution in [-0.2, 0) is 32.0 Å². The smallest absolute Gasteiger partial charge is 0.328 e. The molecule has 0 aromatic heterocycles. The van der Waals surface area contributed by atoms with Crippen LogP contribution in [0, 0.1) is 0 Å². The fourth-order valence-corrected chi connectivity index (χ4v) is 8.89. The van der Waals surface area contributed by atoms with Crippen LogP contribution in [0.4, 0.5) is 0 Å². The highest BCUT2D eigenvalue weighted by Crippen LogP contribution is 2.46. The van der Waals surface area contributed by atoms with Crippen molar-refractivity contribution in [2.24, 2.45) is 0 Å². The lowest BCUT2D eigenvalue weighted by atomic mass is 9.98. The number of carboxylic acids is 1. The molecular weight excluding hydrogens is 663 g/mol. The van der Waals surface area contributed by atoms with Gasteiger partial charge in [-0.05, 0) is 72.5 Å². The van der Waals surface area contributed by atoms with Gasteiger partial charge in [0.1, 0.15) is 24.4 Å². The third kappa shape index (κ3) is 11.7. The predicted molar refractivity (Wildman–Crippen MR) is 203 cm³/mol. The number of rotatable bonds is 12. The molecule has 13 heteroatoms. The summed E-state index contributed by atoms with van der Waals surface area (Å²) in [7, 11) is -9.57. The Labute approximate surface area is 291 Å². The normalized spacial score (nSPS) is 24.5. The Balaban J connectivity index is 4.06. The standard InChI is InChI=1S/C34H71NO8Si4/c1-31(2,3)44(13,14)39-23-24-27(41-45(15,16)32(4,5)6)28(42-46(17,18)33(7,8)9)29(43-47(19,20)34(10,11)12)30(40-24)35-25(36)21-22-26(37)38/h21-22,24,27-30H,23H2,1-20H3,(H,35,36)(H,37,38)/b22-21-/t24-,27+,28+,29-,30-/m1/s1. The maximum absolute atomic E-state index is 13.2. The van der Waals surface area contributed by atoms with Gasteiger partial charge in [0.25, 0.3) is 0 Å². The zero-order chi connectivity index (χ0) is 37.4. The Morgan fingerprint density at radius 3 is 1.34 bits per heavy atom. The molecule has 0 bridgehead atoms.